The molecule has 0 aliphatic heterocycles. The number of aromatic nitrogens is 3. The zero-order chi connectivity index (χ0) is 17.1. The molecule has 0 fully saturated rings. The monoisotopic (exact) mass is 316 g/mol. The van der Waals surface area contributed by atoms with Gasteiger partial charge >= 0.3 is 5.97 Å². The van der Waals surface area contributed by atoms with E-state index in [9.17, 15) is 9.59 Å². The van der Waals surface area contributed by atoms with E-state index >= 15 is 0 Å². The molecule has 0 aliphatic rings. The van der Waals surface area contributed by atoms with Gasteiger partial charge < -0.3 is 10.4 Å². The lowest BCUT2D eigenvalue weighted by Crippen LogP contribution is -2.22. The van der Waals surface area contributed by atoms with Crippen molar-refractivity contribution in [2.24, 2.45) is 0 Å². The van der Waals surface area contributed by atoms with Gasteiger partial charge in [-0.05, 0) is 37.0 Å². The summed E-state index contributed by atoms with van der Waals surface area (Å²) in [6, 6.07) is 5.67. The van der Waals surface area contributed by atoms with Crippen LogP contribution in [0.3, 0.4) is 0 Å². The summed E-state index contributed by atoms with van der Waals surface area (Å²) in [5.74, 6) is -1.53. The van der Waals surface area contributed by atoms with E-state index in [1.54, 1.807) is 0 Å². The highest BCUT2D eigenvalue weighted by atomic mass is 16.4. The Morgan fingerprint density at radius 3 is 2.61 bits per heavy atom. The standard InChI is InChI=1S/C16H20N4O3/c1-9(2)15-14(16(22)23)18-19-20(15)8-13(21)17-12-7-5-6-10(3)11(12)4/h5-7,9H,8H2,1-4H3,(H,17,21)(H,22,23). The molecule has 122 valence electrons. The number of aryl methyl sites for hydroxylation is 1. The minimum Gasteiger partial charge on any atom is -0.476 e. The van der Waals surface area contributed by atoms with Gasteiger partial charge in [-0.2, -0.15) is 0 Å². The lowest BCUT2D eigenvalue weighted by molar-refractivity contribution is -0.117. The first-order valence-corrected chi connectivity index (χ1v) is 7.34. The quantitative estimate of drug-likeness (QED) is 0.882. The number of nitrogens with one attached hydrogen (secondary N) is 1. The Bertz CT molecular complexity index is 750. The van der Waals surface area contributed by atoms with Gasteiger partial charge in [-0.1, -0.05) is 31.2 Å². The van der Waals surface area contributed by atoms with Crippen LogP contribution in [-0.2, 0) is 11.3 Å². The Balaban J connectivity index is 2.21. The predicted molar refractivity (Wildman–Crippen MR) is 85.6 cm³/mol. The Hall–Kier alpha value is -2.70. The van der Waals surface area contributed by atoms with Crippen LogP contribution in [0.1, 0.15) is 47.1 Å². The molecule has 0 saturated carbocycles. The summed E-state index contributed by atoms with van der Waals surface area (Å²) in [7, 11) is 0. The number of amides is 1. The largest absolute Gasteiger partial charge is 0.476 e. The SMILES string of the molecule is Cc1cccc(NC(=O)Cn2nnc(C(=O)O)c2C(C)C)c1C. The lowest BCUT2D eigenvalue weighted by Gasteiger charge is -2.12. The van der Waals surface area contributed by atoms with Crippen molar-refractivity contribution in [2.45, 2.75) is 40.2 Å². The third-order valence-corrected chi connectivity index (χ3v) is 3.69. The molecule has 0 atom stereocenters. The maximum absolute atomic E-state index is 12.3. The van der Waals surface area contributed by atoms with E-state index in [0.29, 0.717) is 5.69 Å². The highest BCUT2D eigenvalue weighted by molar-refractivity contribution is 5.92. The smallest absolute Gasteiger partial charge is 0.358 e. The molecular weight excluding hydrogens is 296 g/mol. The molecule has 23 heavy (non-hydrogen) atoms. The van der Waals surface area contributed by atoms with Crippen LogP contribution in [0, 0.1) is 13.8 Å². The highest BCUT2D eigenvalue weighted by Crippen LogP contribution is 2.19. The fraction of sp³-hybridized carbons (Fsp3) is 0.375. The van der Waals surface area contributed by atoms with Gasteiger partial charge in [0, 0.05) is 5.69 Å². The Kier molecular flexibility index (Phi) is 4.78. The van der Waals surface area contributed by atoms with Crippen LogP contribution in [0.15, 0.2) is 18.2 Å². The number of anilines is 1. The zero-order valence-electron chi connectivity index (χ0n) is 13.6. The van der Waals surface area contributed by atoms with Crippen molar-refractivity contribution in [3.05, 3.63) is 40.7 Å². The second-order valence-electron chi connectivity index (χ2n) is 5.74. The number of carbonyl (C=O) groups is 2. The number of carboxylic acid groups (broad SMARTS) is 1. The molecule has 0 radical (unpaired) electrons. The number of nitrogens with zero attached hydrogens (tertiary/aromatic N) is 3. The first kappa shape index (κ1) is 16.7. The number of benzene rings is 1. The van der Waals surface area contributed by atoms with E-state index in [0.717, 1.165) is 16.8 Å². The minimum atomic E-state index is -1.14. The highest BCUT2D eigenvalue weighted by Gasteiger charge is 2.22. The summed E-state index contributed by atoms with van der Waals surface area (Å²) in [6.07, 6.45) is 0. The number of carboxylic acids is 1. The van der Waals surface area contributed by atoms with E-state index in [2.05, 4.69) is 15.6 Å². The topological polar surface area (TPSA) is 97.1 Å². The van der Waals surface area contributed by atoms with E-state index in [-0.39, 0.29) is 24.1 Å². The third kappa shape index (κ3) is 3.56. The molecule has 7 nitrogen and oxygen atoms in total. The van der Waals surface area contributed by atoms with Crippen molar-refractivity contribution in [3.63, 3.8) is 0 Å². The molecule has 0 saturated heterocycles. The second-order valence-corrected chi connectivity index (χ2v) is 5.74. The Morgan fingerprint density at radius 2 is 2.00 bits per heavy atom. The average molecular weight is 316 g/mol. The van der Waals surface area contributed by atoms with Crippen LogP contribution >= 0.6 is 0 Å². The normalized spacial score (nSPS) is 10.8. The van der Waals surface area contributed by atoms with Gasteiger partial charge in [0.1, 0.15) is 6.54 Å². The molecule has 2 N–H and O–H groups in total. The molecule has 0 unspecified atom stereocenters. The van der Waals surface area contributed by atoms with Crippen LogP contribution in [-0.4, -0.2) is 32.0 Å². The van der Waals surface area contributed by atoms with Crippen LogP contribution in [0.5, 0.6) is 0 Å². The molecule has 7 heteroatoms. The van der Waals surface area contributed by atoms with Gasteiger partial charge in [-0.3, -0.25) is 4.79 Å². The van der Waals surface area contributed by atoms with E-state index in [1.807, 2.05) is 45.9 Å². The van der Waals surface area contributed by atoms with Gasteiger partial charge in [-0.15, -0.1) is 5.10 Å². The number of carbonyl (C=O) groups excluding carboxylic acids is 1. The second kappa shape index (κ2) is 6.60. The molecule has 2 rings (SSSR count). The summed E-state index contributed by atoms with van der Waals surface area (Å²) in [6.45, 7) is 7.50. The summed E-state index contributed by atoms with van der Waals surface area (Å²) in [4.78, 5) is 23.4. The molecule has 1 amide bonds. The maximum Gasteiger partial charge on any atom is 0.358 e. The summed E-state index contributed by atoms with van der Waals surface area (Å²) >= 11 is 0. The van der Waals surface area contributed by atoms with E-state index < -0.39 is 5.97 Å². The molecule has 2 aromatic rings. The Morgan fingerprint density at radius 1 is 1.30 bits per heavy atom. The van der Waals surface area contributed by atoms with Crippen molar-refractivity contribution in [2.75, 3.05) is 5.32 Å². The number of hydrogen-bond donors (Lipinski definition) is 2. The summed E-state index contributed by atoms with van der Waals surface area (Å²) in [5.41, 5.74) is 3.14. The minimum absolute atomic E-state index is 0.0822. The number of rotatable bonds is 5. The van der Waals surface area contributed by atoms with Gasteiger partial charge in [-0.25, -0.2) is 9.48 Å². The van der Waals surface area contributed by atoms with Gasteiger partial charge in [0.15, 0.2) is 5.69 Å². The van der Waals surface area contributed by atoms with Gasteiger partial charge in [0.2, 0.25) is 5.91 Å². The molecule has 0 aliphatic carbocycles. The molecular formula is C16H20N4O3. The van der Waals surface area contributed by atoms with Crippen LogP contribution in [0.25, 0.3) is 0 Å². The first-order valence-electron chi connectivity index (χ1n) is 7.34. The molecule has 1 aromatic heterocycles. The van der Waals surface area contributed by atoms with Crippen LogP contribution in [0.2, 0.25) is 0 Å². The average Bonchev–Trinajstić information content (AvgIpc) is 2.87. The molecule has 0 spiro atoms. The summed E-state index contributed by atoms with van der Waals surface area (Å²) < 4.78 is 1.34. The van der Waals surface area contributed by atoms with Crippen molar-refractivity contribution >= 4 is 17.6 Å². The predicted octanol–water partition coefficient (Wildman–Crippen LogP) is 2.36. The molecule has 1 heterocycles. The molecule has 0 bridgehead atoms. The first-order chi connectivity index (χ1) is 10.8. The fourth-order valence-corrected chi connectivity index (χ4v) is 2.37. The van der Waals surface area contributed by atoms with Crippen molar-refractivity contribution in [1.29, 1.82) is 0 Å². The summed E-state index contributed by atoms with van der Waals surface area (Å²) in [5, 5.41) is 19.4. The number of hydrogen-bond acceptors (Lipinski definition) is 4. The van der Waals surface area contributed by atoms with Crippen LogP contribution in [0.4, 0.5) is 5.69 Å². The third-order valence-electron chi connectivity index (χ3n) is 3.69. The fourth-order valence-electron chi connectivity index (χ4n) is 2.37. The van der Waals surface area contributed by atoms with Gasteiger partial charge in [0.05, 0.1) is 5.69 Å². The lowest BCUT2D eigenvalue weighted by atomic mass is 10.1. The van der Waals surface area contributed by atoms with E-state index in [4.69, 9.17) is 5.11 Å². The van der Waals surface area contributed by atoms with Crippen LogP contribution < -0.4 is 5.32 Å². The zero-order valence-corrected chi connectivity index (χ0v) is 13.6. The van der Waals surface area contributed by atoms with Gasteiger partial charge in [0.25, 0.3) is 0 Å². The Labute approximate surface area is 134 Å². The van der Waals surface area contributed by atoms with Crippen molar-refractivity contribution < 1.29 is 14.7 Å². The molecule has 1 aromatic carbocycles. The van der Waals surface area contributed by atoms with Crippen molar-refractivity contribution in [1.82, 2.24) is 15.0 Å². The van der Waals surface area contributed by atoms with E-state index in [1.165, 1.54) is 4.68 Å². The van der Waals surface area contributed by atoms with Crippen molar-refractivity contribution in [3.8, 4) is 0 Å². The maximum atomic E-state index is 12.3. The number of aromatic carboxylic acids is 1.